The zero-order chi connectivity index (χ0) is 21.3. The fourth-order valence-corrected chi connectivity index (χ4v) is 3.27. The van der Waals surface area contributed by atoms with Crippen molar-refractivity contribution >= 4 is 17.8 Å². The minimum absolute atomic E-state index is 0.113. The molecule has 0 saturated carbocycles. The van der Waals surface area contributed by atoms with Gasteiger partial charge in [-0.2, -0.15) is 0 Å². The molecule has 0 aliphatic carbocycles. The van der Waals surface area contributed by atoms with Crippen LogP contribution in [0.3, 0.4) is 0 Å². The first-order valence-corrected chi connectivity index (χ1v) is 10.3. The summed E-state index contributed by atoms with van der Waals surface area (Å²) in [6.07, 6.45) is 0. The SMILES string of the molecule is CCNC(=NCc1ccc(C(=O)N2CCNC(=O)C2)cc1)NC(C)c1ccccc1. The smallest absolute Gasteiger partial charge is 0.254 e. The van der Waals surface area contributed by atoms with Crippen molar-refractivity contribution in [2.24, 2.45) is 4.99 Å². The molecule has 1 aliphatic rings. The molecule has 1 heterocycles. The van der Waals surface area contributed by atoms with Gasteiger partial charge in [0.05, 0.1) is 19.1 Å². The van der Waals surface area contributed by atoms with Crippen molar-refractivity contribution in [1.29, 1.82) is 0 Å². The summed E-state index contributed by atoms with van der Waals surface area (Å²) in [5, 5.41) is 9.42. The number of nitrogens with zero attached hydrogens (tertiary/aromatic N) is 2. The molecule has 30 heavy (non-hydrogen) atoms. The van der Waals surface area contributed by atoms with Gasteiger partial charge in [-0.25, -0.2) is 4.99 Å². The summed E-state index contributed by atoms with van der Waals surface area (Å²) < 4.78 is 0. The highest BCUT2D eigenvalue weighted by Crippen LogP contribution is 2.12. The Morgan fingerprint density at radius 1 is 1.17 bits per heavy atom. The second-order valence-corrected chi connectivity index (χ2v) is 7.25. The summed E-state index contributed by atoms with van der Waals surface area (Å²) in [5.41, 5.74) is 2.78. The van der Waals surface area contributed by atoms with Gasteiger partial charge in [0.25, 0.3) is 5.91 Å². The van der Waals surface area contributed by atoms with Gasteiger partial charge >= 0.3 is 0 Å². The minimum Gasteiger partial charge on any atom is -0.357 e. The van der Waals surface area contributed by atoms with Crippen molar-refractivity contribution in [3.8, 4) is 0 Å². The van der Waals surface area contributed by atoms with Crippen LogP contribution in [0.25, 0.3) is 0 Å². The Labute approximate surface area is 177 Å². The van der Waals surface area contributed by atoms with E-state index in [1.165, 1.54) is 5.56 Å². The summed E-state index contributed by atoms with van der Waals surface area (Å²) in [5.74, 6) is 0.508. The largest absolute Gasteiger partial charge is 0.357 e. The normalized spacial score (nSPS) is 15.3. The standard InChI is InChI=1S/C23H29N5O2/c1-3-24-23(27-17(2)19-7-5-4-6-8-19)26-15-18-9-11-20(12-10-18)22(30)28-14-13-25-21(29)16-28/h4-12,17H,3,13-16H2,1-2H3,(H,25,29)(H2,24,26,27). The van der Waals surface area contributed by atoms with Gasteiger partial charge in [-0.3, -0.25) is 9.59 Å². The van der Waals surface area contributed by atoms with E-state index in [9.17, 15) is 9.59 Å². The molecule has 0 spiro atoms. The molecule has 1 fully saturated rings. The number of carbonyl (C=O) groups excluding carboxylic acids is 2. The average Bonchev–Trinajstić information content (AvgIpc) is 2.78. The molecule has 0 aromatic heterocycles. The molecule has 0 bridgehead atoms. The lowest BCUT2D eigenvalue weighted by molar-refractivity contribution is -0.123. The Balaban J connectivity index is 1.61. The second-order valence-electron chi connectivity index (χ2n) is 7.25. The number of rotatable bonds is 6. The summed E-state index contributed by atoms with van der Waals surface area (Å²) in [6.45, 7) is 6.55. The van der Waals surface area contributed by atoms with Crippen LogP contribution in [0, 0.1) is 0 Å². The first-order valence-electron chi connectivity index (χ1n) is 10.3. The second kappa shape index (κ2) is 10.4. The van der Waals surface area contributed by atoms with Crippen molar-refractivity contribution < 1.29 is 9.59 Å². The first kappa shape index (κ1) is 21.4. The number of nitrogens with one attached hydrogen (secondary N) is 3. The third kappa shape index (κ3) is 5.83. The van der Waals surface area contributed by atoms with Gasteiger partial charge in [-0.1, -0.05) is 42.5 Å². The van der Waals surface area contributed by atoms with E-state index in [2.05, 4.69) is 40.0 Å². The molecule has 158 valence electrons. The number of guanidine groups is 1. The van der Waals surface area contributed by atoms with Crippen LogP contribution in [0.1, 0.15) is 41.4 Å². The summed E-state index contributed by atoms with van der Waals surface area (Å²) >= 11 is 0. The number of hydrogen-bond acceptors (Lipinski definition) is 3. The molecule has 0 radical (unpaired) electrons. The van der Waals surface area contributed by atoms with Gasteiger partial charge in [0.2, 0.25) is 5.91 Å². The van der Waals surface area contributed by atoms with Crippen LogP contribution >= 0.6 is 0 Å². The number of hydrogen-bond donors (Lipinski definition) is 3. The van der Waals surface area contributed by atoms with Gasteiger partial charge in [-0.05, 0) is 37.1 Å². The highest BCUT2D eigenvalue weighted by molar-refractivity contribution is 5.97. The topological polar surface area (TPSA) is 85.8 Å². The van der Waals surface area contributed by atoms with Crippen LogP contribution in [-0.4, -0.2) is 48.9 Å². The number of piperazine rings is 1. The van der Waals surface area contributed by atoms with E-state index in [4.69, 9.17) is 0 Å². The van der Waals surface area contributed by atoms with E-state index in [0.29, 0.717) is 25.2 Å². The highest BCUT2D eigenvalue weighted by Gasteiger charge is 2.22. The third-order valence-electron chi connectivity index (χ3n) is 4.94. The van der Waals surface area contributed by atoms with Crippen molar-refractivity contribution in [1.82, 2.24) is 20.9 Å². The van der Waals surface area contributed by atoms with Gasteiger partial charge in [0.15, 0.2) is 5.96 Å². The molecule has 2 amide bonds. The molecule has 3 N–H and O–H groups in total. The quantitative estimate of drug-likeness (QED) is 0.506. The molecule has 1 atom stereocenters. The summed E-state index contributed by atoms with van der Waals surface area (Å²) in [7, 11) is 0. The molecule has 1 saturated heterocycles. The number of amides is 2. The van der Waals surface area contributed by atoms with Crippen LogP contribution in [0.4, 0.5) is 0 Å². The Morgan fingerprint density at radius 3 is 2.57 bits per heavy atom. The lowest BCUT2D eigenvalue weighted by Gasteiger charge is -2.26. The monoisotopic (exact) mass is 407 g/mol. The molecular formula is C23H29N5O2. The maximum absolute atomic E-state index is 12.6. The van der Waals surface area contributed by atoms with Gasteiger partial charge < -0.3 is 20.9 Å². The Kier molecular flexibility index (Phi) is 7.43. The fraction of sp³-hybridized carbons (Fsp3) is 0.348. The van der Waals surface area contributed by atoms with Crippen LogP contribution in [-0.2, 0) is 11.3 Å². The van der Waals surface area contributed by atoms with Crippen molar-refractivity contribution in [2.45, 2.75) is 26.4 Å². The molecule has 2 aromatic carbocycles. The highest BCUT2D eigenvalue weighted by atomic mass is 16.2. The Hall–Kier alpha value is -3.35. The lowest BCUT2D eigenvalue weighted by Crippen LogP contribution is -2.49. The molecular weight excluding hydrogens is 378 g/mol. The molecule has 1 aliphatic heterocycles. The van der Waals surface area contributed by atoms with E-state index in [1.807, 2.05) is 37.3 Å². The molecule has 1 unspecified atom stereocenters. The molecule has 7 heteroatoms. The van der Waals surface area contributed by atoms with E-state index in [1.54, 1.807) is 17.0 Å². The van der Waals surface area contributed by atoms with Crippen LogP contribution < -0.4 is 16.0 Å². The van der Waals surface area contributed by atoms with Crippen molar-refractivity contribution in [2.75, 3.05) is 26.2 Å². The maximum atomic E-state index is 12.6. The lowest BCUT2D eigenvalue weighted by atomic mass is 10.1. The van der Waals surface area contributed by atoms with E-state index in [-0.39, 0.29) is 24.4 Å². The van der Waals surface area contributed by atoms with Crippen LogP contribution in [0.5, 0.6) is 0 Å². The van der Waals surface area contributed by atoms with Crippen LogP contribution in [0.2, 0.25) is 0 Å². The van der Waals surface area contributed by atoms with Crippen molar-refractivity contribution in [3.05, 3.63) is 71.3 Å². The average molecular weight is 408 g/mol. The zero-order valence-electron chi connectivity index (χ0n) is 17.5. The Bertz CT molecular complexity index is 880. The van der Waals surface area contributed by atoms with Crippen molar-refractivity contribution in [3.63, 3.8) is 0 Å². The maximum Gasteiger partial charge on any atom is 0.254 e. The predicted octanol–water partition coefficient (Wildman–Crippen LogP) is 2.07. The van der Waals surface area contributed by atoms with Gasteiger partial charge in [0, 0.05) is 25.2 Å². The first-order chi connectivity index (χ1) is 14.6. The van der Waals surface area contributed by atoms with Crippen LogP contribution in [0.15, 0.2) is 59.6 Å². The number of benzene rings is 2. The van der Waals surface area contributed by atoms with Gasteiger partial charge in [0.1, 0.15) is 0 Å². The predicted molar refractivity (Wildman–Crippen MR) is 118 cm³/mol. The zero-order valence-corrected chi connectivity index (χ0v) is 17.5. The molecule has 2 aromatic rings. The fourth-order valence-electron chi connectivity index (χ4n) is 3.27. The van der Waals surface area contributed by atoms with Gasteiger partial charge in [-0.15, -0.1) is 0 Å². The molecule has 3 rings (SSSR count). The van der Waals surface area contributed by atoms with E-state index in [0.717, 1.165) is 18.1 Å². The number of aliphatic imine (C=N–C) groups is 1. The summed E-state index contributed by atoms with van der Waals surface area (Å²) in [4.78, 5) is 30.3. The Morgan fingerprint density at radius 2 is 1.90 bits per heavy atom. The molecule has 7 nitrogen and oxygen atoms in total. The van der Waals surface area contributed by atoms with E-state index >= 15 is 0 Å². The van der Waals surface area contributed by atoms with E-state index < -0.39 is 0 Å². The number of carbonyl (C=O) groups is 2. The third-order valence-corrected chi connectivity index (χ3v) is 4.94. The minimum atomic E-state index is -0.119. The summed E-state index contributed by atoms with van der Waals surface area (Å²) in [6, 6.07) is 17.8.